The van der Waals surface area contributed by atoms with E-state index in [9.17, 15) is 18.0 Å². The molecule has 0 saturated carbocycles. The maximum atomic E-state index is 13.2. The van der Waals surface area contributed by atoms with Gasteiger partial charge in [-0.05, 0) is 39.2 Å². The number of piperidine rings is 1. The first-order chi connectivity index (χ1) is 12.8. The molecule has 2 aliphatic heterocycles. The molecule has 150 valence electrons. The number of likely N-dealkylation sites (tertiary alicyclic amines) is 2. The molecule has 6 nitrogen and oxygen atoms in total. The summed E-state index contributed by atoms with van der Waals surface area (Å²) < 4.78 is 43.5. The summed E-state index contributed by atoms with van der Waals surface area (Å²) >= 11 is 0. The van der Waals surface area contributed by atoms with Gasteiger partial charge in [-0.15, -0.1) is 0 Å². The molecule has 0 N–H and O–H groups in total. The molecule has 1 atom stereocenters. The standard InChI is InChI=1S/C18H25F3N4O2/c1-13-14(11-22-15(23-13)18(19,20)21)12-25-8-4-6-17(25)5-3-7-24(16(17)26)9-10-27-2/h11H,3-10,12H2,1-2H3. The highest BCUT2D eigenvalue weighted by molar-refractivity contribution is 5.87. The Balaban J connectivity index is 1.79. The fraction of sp³-hybridized carbons (Fsp3) is 0.722. The lowest BCUT2D eigenvalue weighted by Crippen LogP contribution is -2.60. The molecule has 1 aromatic rings. The largest absolute Gasteiger partial charge is 0.451 e. The van der Waals surface area contributed by atoms with Crippen molar-refractivity contribution in [3.8, 4) is 0 Å². The zero-order chi connectivity index (χ0) is 19.7. The molecular weight excluding hydrogens is 361 g/mol. The number of nitrogens with zero attached hydrogens (tertiary/aromatic N) is 4. The van der Waals surface area contributed by atoms with Gasteiger partial charge in [0.25, 0.3) is 0 Å². The van der Waals surface area contributed by atoms with Crippen LogP contribution < -0.4 is 0 Å². The zero-order valence-corrected chi connectivity index (χ0v) is 15.7. The summed E-state index contributed by atoms with van der Waals surface area (Å²) in [6, 6.07) is 0. The molecule has 3 heterocycles. The molecule has 0 radical (unpaired) electrons. The number of aryl methyl sites for hydroxylation is 1. The third-order valence-corrected chi connectivity index (χ3v) is 5.59. The SMILES string of the molecule is COCCN1CCCC2(CCCN2Cc2cnc(C(F)(F)F)nc2C)C1=O. The number of methoxy groups -OCH3 is 1. The highest BCUT2D eigenvalue weighted by Gasteiger charge is 2.50. The van der Waals surface area contributed by atoms with E-state index in [1.54, 1.807) is 14.0 Å². The van der Waals surface area contributed by atoms with Crippen molar-refractivity contribution in [2.75, 3.05) is 33.4 Å². The number of halogens is 3. The molecule has 0 aromatic carbocycles. The van der Waals surface area contributed by atoms with Gasteiger partial charge in [-0.1, -0.05) is 0 Å². The maximum Gasteiger partial charge on any atom is 0.451 e. The maximum absolute atomic E-state index is 13.2. The van der Waals surface area contributed by atoms with Crippen molar-refractivity contribution in [1.82, 2.24) is 19.8 Å². The Kier molecular flexibility index (Phi) is 5.71. The van der Waals surface area contributed by atoms with E-state index in [1.807, 2.05) is 4.90 Å². The second kappa shape index (κ2) is 7.71. The van der Waals surface area contributed by atoms with Crippen LogP contribution in [0.1, 0.15) is 42.8 Å². The Morgan fingerprint density at radius 1 is 1.26 bits per heavy atom. The van der Waals surface area contributed by atoms with Crippen LogP contribution in [0.15, 0.2) is 6.20 Å². The van der Waals surface area contributed by atoms with E-state index in [4.69, 9.17) is 4.74 Å². The quantitative estimate of drug-likeness (QED) is 0.778. The van der Waals surface area contributed by atoms with Gasteiger partial charge in [-0.25, -0.2) is 9.97 Å². The minimum absolute atomic E-state index is 0.105. The van der Waals surface area contributed by atoms with Crippen LogP contribution in [0.5, 0.6) is 0 Å². The van der Waals surface area contributed by atoms with Gasteiger partial charge >= 0.3 is 6.18 Å². The summed E-state index contributed by atoms with van der Waals surface area (Å²) in [5.41, 5.74) is 0.367. The molecule has 3 rings (SSSR count). The average molecular weight is 386 g/mol. The van der Waals surface area contributed by atoms with Crippen LogP contribution in [0.2, 0.25) is 0 Å². The third-order valence-electron chi connectivity index (χ3n) is 5.59. The van der Waals surface area contributed by atoms with Crippen LogP contribution in [0.3, 0.4) is 0 Å². The molecule has 1 amide bonds. The highest BCUT2D eigenvalue weighted by atomic mass is 19.4. The Morgan fingerprint density at radius 2 is 1.96 bits per heavy atom. The first-order valence-electron chi connectivity index (χ1n) is 9.21. The van der Waals surface area contributed by atoms with Gasteiger partial charge in [0.2, 0.25) is 11.7 Å². The van der Waals surface area contributed by atoms with E-state index in [0.29, 0.717) is 31.0 Å². The van der Waals surface area contributed by atoms with Crippen LogP contribution in [0.4, 0.5) is 13.2 Å². The molecule has 0 bridgehead atoms. The molecule has 9 heteroatoms. The Hall–Kier alpha value is -1.74. The average Bonchev–Trinajstić information content (AvgIpc) is 3.00. The van der Waals surface area contributed by atoms with Crippen LogP contribution in [0, 0.1) is 6.92 Å². The molecule has 27 heavy (non-hydrogen) atoms. The number of hydrogen-bond acceptors (Lipinski definition) is 5. The molecule has 2 aliphatic rings. The van der Waals surface area contributed by atoms with E-state index in [2.05, 4.69) is 14.9 Å². The molecule has 1 spiro atoms. The predicted octanol–water partition coefficient (Wildman–Crippen LogP) is 2.41. The summed E-state index contributed by atoms with van der Waals surface area (Å²) in [6.45, 7) is 4.46. The number of aromatic nitrogens is 2. The molecule has 0 aliphatic carbocycles. The smallest absolute Gasteiger partial charge is 0.383 e. The monoisotopic (exact) mass is 386 g/mol. The summed E-state index contributed by atoms with van der Waals surface area (Å²) in [4.78, 5) is 24.2. The fourth-order valence-electron chi connectivity index (χ4n) is 4.16. The molecule has 1 unspecified atom stereocenters. The van der Waals surface area contributed by atoms with Gasteiger partial charge < -0.3 is 9.64 Å². The molecular formula is C18H25F3N4O2. The van der Waals surface area contributed by atoms with Crippen LogP contribution >= 0.6 is 0 Å². The first-order valence-corrected chi connectivity index (χ1v) is 9.21. The van der Waals surface area contributed by atoms with E-state index in [0.717, 1.165) is 38.8 Å². The lowest BCUT2D eigenvalue weighted by Gasteiger charge is -2.44. The van der Waals surface area contributed by atoms with Crippen molar-refractivity contribution in [2.45, 2.75) is 50.9 Å². The van der Waals surface area contributed by atoms with Crippen molar-refractivity contribution >= 4 is 5.91 Å². The normalized spacial score (nSPS) is 24.2. The van der Waals surface area contributed by atoms with E-state index in [1.165, 1.54) is 6.20 Å². The predicted molar refractivity (Wildman–Crippen MR) is 91.8 cm³/mol. The van der Waals surface area contributed by atoms with E-state index < -0.39 is 17.5 Å². The number of carbonyl (C=O) groups excluding carboxylic acids is 1. The minimum Gasteiger partial charge on any atom is -0.383 e. The van der Waals surface area contributed by atoms with E-state index in [-0.39, 0.29) is 5.91 Å². The van der Waals surface area contributed by atoms with Crippen molar-refractivity contribution in [2.24, 2.45) is 0 Å². The van der Waals surface area contributed by atoms with Gasteiger partial charge in [0.15, 0.2) is 0 Å². The van der Waals surface area contributed by atoms with Gasteiger partial charge in [0, 0.05) is 44.2 Å². The van der Waals surface area contributed by atoms with Crippen molar-refractivity contribution in [1.29, 1.82) is 0 Å². The zero-order valence-electron chi connectivity index (χ0n) is 15.7. The van der Waals surface area contributed by atoms with Crippen molar-refractivity contribution in [3.63, 3.8) is 0 Å². The number of ether oxygens (including phenoxy) is 1. The second-order valence-corrected chi connectivity index (χ2v) is 7.25. The number of alkyl halides is 3. The van der Waals surface area contributed by atoms with Gasteiger partial charge in [-0.2, -0.15) is 13.2 Å². The number of rotatable bonds is 5. The minimum atomic E-state index is -4.56. The van der Waals surface area contributed by atoms with Gasteiger partial charge in [0.05, 0.1) is 6.61 Å². The van der Waals surface area contributed by atoms with E-state index >= 15 is 0 Å². The molecule has 1 aromatic heterocycles. The number of hydrogen-bond donors (Lipinski definition) is 0. The summed E-state index contributed by atoms with van der Waals surface area (Å²) in [7, 11) is 1.61. The summed E-state index contributed by atoms with van der Waals surface area (Å²) in [5.74, 6) is -1.02. The Labute approximate surface area is 156 Å². The number of amides is 1. The van der Waals surface area contributed by atoms with Crippen LogP contribution in [0.25, 0.3) is 0 Å². The number of carbonyl (C=O) groups is 1. The first kappa shape index (κ1) is 20.0. The van der Waals surface area contributed by atoms with Gasteiger partial charge in [0.1, 0.15) is 5.54 Å². The van der Waals surface area contributed by atoms with Gasteiger partial charge in [-0.3, -0.25) is 9.69 Å². The molecule has 2 fully saturated rings. The Bertz CT molecular complexity index is 698. The van der Waals surface area contributed by atoms with Crippen LogP contribution in [-0.4, -0.2) is 64.6 Å². The van der Waals surface area contributed by atoms with Crippen molar-refractivity contribution in [3.05, 3.63) is 23.3 Å². The Morgan fingerprint density at radius 3 is 2.59 bits per heavy atom. The lowest BCUT2D eigenvalue weighted by molar-refractivity contribution is -0.148. The second-order valence-electron chi connectivity index (χ2n) is 7.25. The highest BCUT2D eigenvalue weighted by Crippen LogP contribution is 2.39. The van der Waals surface area contributed by atoms with Crippen LogP contribution in [-0.2, 0) is 22.3 Å². The molecule has 2 saturated heterocycles. The lowest BCUT2D eigenvalue weighted by atomic mass is 9.85. The van der Waals surface area contributed by atoms with Crippen molar-refractivity contribution < 1.29 is 22.7 Å². The summed E-state index contributed by atoms with van der Waals surface area (Å²) in [5, 5.41) is 0. The third kappa shape index (κ3) is 3.94. The summed E-state index contributed by atoms with van der Waals surface area (Å²) in [6.07, 6.45) is 0.0388. The fourth-order valence-corrected chi connectivity index (χ4v) is 4.16. The topological polar surface area (TPSA) is 58.6 Å².